The number of nitrogens with one attached hydrogen (secondary N) is 2. The van der Waals surface area contributed by atoms with Crippen LogP contribution in [0.4, 0.5) is 11.4 Å². The van der Waals surface area contributed by atoms with Crippen LogP contribution in [-0.2, 0) is 6.54 Å². The first-order chi connectivity index (χ1) is 18.4. The standard InChI is InChI=1S/C31H35N7/c1-21-27-12-15-33-30(27)11-10-29(21)36-31-23(18-32)19-34-22(2)28(31)9-8-24-6-5-7-25(35-24)20-38-16-13-26(14-17-38)37(3)4/h5-12,15,19,26,33H,13-14,16-17,20H2,1-4H3,(H,34,36). The van der Waals surface area contributed by atoms with Crippen LogP contribution in [0.1, 0.15) is 46.6 Å². The van der Waals surface area contributed by atoms with E-state index in [0.717, 1.165) is 70.1 Å². The number of rotatable bonds is 7. The molecule has 1 aromatic carbocycles. The normalized spacial score (nSPS) is 14.9. The minimum Gasteiger partial charge on any atom is -0.361 e. The van der Waals surface area contributed by atoms with Crippen molar-refractivity contribution in [2.24, 2.45) is 0 Å². The molecule has 4 heterocycles. The van der Waals surface area contributed by atoms with Crippen molar-refractivity contribution in [2.45, 2.75) is 39.3 Å². The molecule has 3 aromatic heterocycles. The van der Waals surface area contributed by atoms with Crippen molar-refractivity contribution < 1.29 is 0 Å². The zero-order valence-electron chi connectivity index (χ0n) is 22.6. The molecule has 0 aliphatic carbocycles. The maximum Gasteiger partial charge on any atom is 0.103 e. The third kappa shape index (κ3) is 5.47. The first kappa shape index (κ1) is 25.7. The zero-order valence-corrected chi connectivity index (χ0v) is 22.6. The molecule has 0 amide bonds. The third-order valence-electron chi connectivity index (χ3n) is 7.62. The second-order valence-corrected chi connectivity index (χ2v) is 10.3. The molecule has 7 nitrogen and oxygen atoms in total. The van der Waals surface area contributed by atoms with Gasteiger partial charge in [-0.2, -0.15) is 5.26 Å². The number of aromatic nitrogens is 3. The van der Waals surface area contributed by atoms with Crippen molar-refractivity contribution in [3.05, 3.63) is 82.6 Å². The average molecular weight is 506 g/mol. The molecule has 0 radical (unpaired) electrons. The number of nitriles is 1. The smallest absolute Gasteiger partial charge is 0.103 e. The van der Waals surface area contributed by atoms with E-state index in [9.17, 15) is 5.26 Å². The summed E-state index contributed by atoms with van der Waals surface area (Å²) in [6, 6.07) is 15.3. The molecular weight excluding hydrogens is 470 g/mol. The topological polar surface area (TPSA) is 83.9 Å². The Kier molecular flexibility index (Phi) is 7.54. The highest BCUT2D eigenvalue weighted by atomic mass is 15.2. The molecule has 0 saturated carbocycles. The number of likely N-dealkylation sites (tertiary alicyclic amines) is 1. The van der Waals surface area contributed by atoms with Gasteiger partial charge in [0.25, 0.3) is 0 Å². The van der Waals surface area contributed by atoms with Crippen molar-refractivity contribution in [1.29, 1.82) is 5.26 Å². The highest BCUT2D eigenvalue weighted by Gasteiger charge is 2.21. The molecule has 1 saturated heterocycles. The van der Waals surface area contributed by atoms with Gasteiger partial charge in [0, 0.05) is 65.9 Å². The van der Waals surface area contributed by atoms with Crippen LogP contribution in [0.15, 0.2) is 48.8 Å². The number of hydrogen-bond donors (Lipinski definition) is 2. The second-order valence-electron chi connectivity index (χ2n) is 10.3. The highest BCUT2D eigenvalue weighted by Crippen LogP contribution is 2.32. The van der Waals surface area contributed by atoms with Gasteiger partial charge in [0.05, 0.1) is 22.6 Å². The van der Waals surface area contributed by atoms with E-state index in [1.165, 1.54) is 12.8 Å². The van der Waals surface area contributed by atoms with Crippen molar-refractivity contribution >= 4 is 34.4 Å². The minimum atomic E-state index is 0.506. The molecular formula is C31H35N7. The lowest BCUT2D eigenvalue weighted by Gasteiger charge is -2.35. The van der Waals surface area contributed by atoms with Crippen molar-refractivity contribution in [2.75, 3.05) is 32.5 Å². The van der Waals surface area contributed by atoms with Gasteiger partial charge in [-0.15, -0.1) is 0 Å². The van der Waals surface area contributed by atoms with Gasteiger partial charge in [0.1, 0.15) is 6.07 Å². The summed E-state index contributed by atoms with van der Waals surface area (Å²) in [7, 11) is 4.34. The Morgan fingerprint density at radius 1 is 1.13 bits per heavy atom. The Morgan fingerprint density at radius 3 is 2.71 bits per heavy atom. The predicted octanol–water partition coefficient (Wildman–Crippen LogP) is 5.89. The number of benzene rings is 1. The number of anilines is 2. The molecule has 0 spiro atoms. The molecule has 1 aliphatic heterocycles. The lowest BCUT2D eigenvalue weighted by atomic mass is 10.0. The van der Waals surface area contributed by atoms with Gasteiger partial charge in [0.15, 0.2) is 0 Å². The molecule has 0 unspecified atom stereocenters. The third-order valence-corrected chi connectivity index (χ3v) is 7.62. The molecule has 4 aromatic rings. The fourth-order valence-corrected chi connectivity index (χ4v) is 5.27. The van der Waals surface area contributed by atoms with Crippen LogP contribution in [-0.4, -0.2) is 58.0 Å². The van der Waals surface area contributed by atoms with Crippen LogP contribution < -0.4 is 5.32 Å². The van der Waals surface area contributed by atoms with Gasteiger partial charge in [-0.05, 0) is 88.8 Å². The van der Waals surface area contributed by atoms with Crippen LogP contribution in [0.3, 0.4) is 0 Å². The summed E-state index contributed by atoms with van der Waals surface area (Å²) in [6.07, 6.45) is 10.0. The van der Waals surface area contributed by atoms with Gasteiger partial charge >= 0.3 is 0 Å². The van der Waals surface area contributed by atoms with Gasteiger partial charge in [0.2, 0.25) is 0 Å². The van der Waals surface area contributed by atoms with Crippen LogP contribution in [0.25, 0.3) is 23.1 Å². The van der Waals surface area contributed by atoms with Crippen molar-refractivity contribution in [3.8, 4) is 6.07 Å². The number of hydrogen-bond acceptors (Lipinski definition) is 6. The van der Waals surface area contributed by atoms with Crippen LogP contribution in [0.2, 0.25) is 0 Å². The number of aromatic amines is 1. The van der Waals surface area contributed by atoms with Crippen LogP contribution in [0, 0.1) is 25.2 Å². The zero-order chi connectivity index (χ0) is 26.6. The fourth-order valence-electron chi connectivity index (χ4n) is 5.27. The summed E-state index contributed by atoms with van der Waals surface area (Å²) in [5, 5.41) is 14.6. The Labute approximate surface area is 224 Å². The van der Waals surface area contributed by atoms with E-state index < -0.39 is 0 Å². The summed E-state index contributed by atoms with van der Waals surface area (Å²) in [5.41, 5.74) is 8.15. The number of fused-ring (bicyclic) bond motifs is 1. The molecule has 0 bridgehead atoms. The van der Waals surface area contributed by atoms with E-state index >= 15 is 0 Å². The quantitative estimate of drug-likeness (QED) is 0.326. The van der Waals surface area contributed by atoms with Gasteiger partial charge in [-0.1, -0.05) is 6.07 Å². The van der Waals surface area contributed by atoms with Gasteiger partial charge in [-0.3, -0.25) is 14.9 Å². The summed E-state index contributed by atoms with van der Waals surface area (Å²) < 4.78 is 0. The molecule has 1 aliphatic rings. The Balaban J connectivity index is 1.38. The lowest BCUT2D eigenvalue weighted by Crippen LogP contribution is -2.41. The van der Waals surface area contributed by atoms with E-state index in [1.807, 2.05) is 37.4 Å². The Morgan fingerprint density at radius 2 is 1.95 bits per heavy atom. The minimum absolute atomic E-state index is 0.506. The van der Waals surface area contributed by atoms with Gasteiger partial charge in [-0.25, -0.2) is 0 Å². The maximum absolute atomic E-state index is 9.87. The SMILES string of the molecule is Cc1ncc(C#N)c(Nc2ccc3[nH]ccc3c2C)c1C=Cc1cccc(CN2CCC(N(C)C)CC2)n1. The molecule has 38 heavy (non-hydrogen) atoms. The number of pyridine rings is 2. The molecule has 5 rings (SSSR count). The van der Waals surface area contributed by atoms with E-state index in [4.69, 9.17) is 4.98 Å². The van der Waals surface area contributed by atoms with E-state index in [0.29, 0.717) is 11.6 Å². The Bertz CT molecular complexity index is 1500. The Hall–Kier alpha value is -3.99. The maximum atomic E-state index is 9.87. The predicted molar refractivity (Wildman–Crippen MR) is 155 cm³/mol. The highest BCUT2D eigenvalue weighted by molar-refractivity contribution is 5.90. The first-order valence-corrected chi connectivity index (χ1v) is 13.2. The monoisotopic (exact) mass is 505 g/mol. The summed E-state index contributed by atoms with van der Waals surface area (Å²) in [5.74, 6) is 0. The van der Waals surface area contributed by atoms with E-state index in [2.05, 4.69) is 76.4 Å². The molecule has 1 fully saturated rings. The molecule has 2 N–H and O–H groups in total. The number of aryl methyl sites for hydroxylation is 2. The van der Waals surface area contributed by atoms with Crippen molar-refractivity contribution in [1.82, 2.24) is 24.8 Å². The number of piperidine rings is 1. The largest absolute Gasteiger partial charge is 0.361 e. The van der Waals surface area contributed by atoms with Crippen molar-refractivity contribution in [3.63, 3.8) is 0 Å². The molecule has 194 valence electrons. The van der Waals surface area contributed by atoms with Crippen LogP contribution >= 0.6 is 0 Å². The fraction of sp³-hybridized carbons (Fsp3) is 0.323. The number of H-pyrrole nitrogens is 1. The summed E-state index contributed by atoms with van der Waals surface area (Å²) in [6.45, 7) is 7.11. The average Bonchev–Trinajstić information content (AvgIpc) is 3.40. The summed E-state index contributed by atoms with van der Waals surface area (Å²) in [4.78, 5) is 17.5. The van der Waals surface area contributed by atoms with E-state index in [-0.39, 0.29) is 0 Å². The number of nitrogens with zero attached hydrogens (tertiary/aromatic N) is 5. The lowest BCUT2D eigenvalue weighted by molar-refractivity contribution is 0.139. The second kappa shape index (κ2) is 11.2. The summed E-state index contributed by atoms with van der Waals surface area (Å²) >= 11 is 0. The van der Waals surface area contributed by atoms with Crippen LogP contribution in [0.5, 0.6) is 0 Å². The van der Waals surface area contributed by atoms with E-state index in [1.54, 1.807) is 6.20 Å². The first-order valence-electron chi connectivity index (χ1n) is 13.2. The molecule has 7 heteroatoms. The van der Waals surface area contributed by atoms with Gasteiger partial charge < -0.3 is 15.2 Å². The molecule has 0 atom stereocenters.